The van der Waals surface area contributed by atoms with Gasteiger partial charge in [0.1, 0.15) is 5.78 Å². The molecule has 0 aromatic rings. The van der Waals surface area contributed by atoms with Crippen LogP contribution in [-0.2, 0) is 23.9 Å². The summed E-state index contributed by atoms with van der Waals surface area (Å²) in [6.45, 7) is 8.22. The molecule has 5 unspecified atom stereocenters. The summed E-state index contributed by atoms with van der Waals surface area (Å²) >= 11 is 0. The van der Waals surface area contributed by atoms with Gasteiger partial charge in [0.25, 0.3) is 5.79 Å². The van der Waals surface area contributed by atoms with E-state index in [1.165, 1.54) is 6.92 Å². The maximum Gasteiger partial charge on any atom is 0.364 e. The van der Waals surface area contributed by atoms with Crippen LogP contribution in [0, 0.1) is 5.92 Å². The second-order valence-electron chi connectivity index (χ2n) is 6.86. The number of hydrogen-bond acceptors (Lipinski definition) is 6. The second kappa shape index (κ2) is 8.73. The van der Waals surface area contributed by atoms with E-state index in [0.717, 1.165) is 0 Å². The van der Waals surface area contributed by atoms with Gasteiger partial charge in [-0.05, 0) is 20.3 Å². The molecule has 0 aromatic heterocycles. The number of ether oxygens (including phenoxy) is 2. The highest BCUT2D eigenvalue weighted by molar-refractivity contribution is 5.82. The van der Waals surface area contributed by atoms with Crippen molar-refractivity contribution in [2.45, 2.75) is 84.0 Å². The number of amides is 1. The highest BCUT2D eigenvalue weighted by Crippen LogP contribution is 2.34. The predicted octanol–water partition coefficient (Wildman–Crippen LogP) is 0.852. The van der Waals surface area contributed by atoms with E-state index in [2.05, 4.69) is 5.32 Å². The summed E-state index contributed by atoms with van der Waals surface area (Å²) in [5.74, 6) is -4.18. The van der Waals surface area contributed by atoms with Crippen molar-refractivity contribution in [1.29, 1.82) is 0 Å². The van der Waals surface area contributed by atoms with Crippen molar-refractivity contribution in [2.75, 3.05) is 0 Å². The number of nitrogens with one attached hydrogen (secondary N) is 1. The van der Waals surface area contributed by atoms with Gasteiger partial charge in [0.05, 0.1) is 24.4 Å². The highest BCUT2D eigenvalue weighted by Gasteiger charge is 2.54. The van der Waals surface area contributed by atoms with Gasteiger partial charge in [-0.2, -0.15) is 0 Å². The molecule has 0 radical (unpaired) electrons. The van der Waals surface area contributed by atoms with Crippen molar-refractivity contribution in [2.24, 2.45) is 5.92 Å². The number of carbonyl (C=O) groups excluding carboxylic acids is 2. The fourth-order valence-electron chi connectivity index (χ4n) is 2.88. The first kappa shape index (κ1) is 21.5. The number of rotatable bonds is 8. The minimum atomic E-state index is -2.05. The number of aliphatic hydroxyl groups is 1. The summed E-state index contributed by atoms with van der Waals surface area (Å²) in [6, 6.07) is -0.881. The van der Waals surface area contributed by atoms with Crippen molar-refractivity contribution in [3.8, 4) is 0 Å². The van der Waals surface area contributed by atoms with E-state index in [1.54, 1.807) is 20.8 Å². The molecule has 8 heteroatoms. The van der Waals surface area contributed by atoms with Crippen LogP contribution >= 0.6 is 0 Å². The van der Waals surface area contributed by atoms with Gasteiger partial charge in [-0.15, -0.1) is 0 Å². The molecule has 8 nitrogen and oxygen atoms in total. The Labute approximate surface area is 147 Å². The summed E-state index contributed by atoms with van der Waals surface area (Å²) < 4.78 is 11.1. The van der Waals surface area contributed by atoms with Crippen molar-refractivity contribution < 1.29 is 34.1 Å². The molecule has 0 aromatic carbocycles. The van der Waals surface area contributed by atoms with Crippen LogP contribution in [0.5, 0.6) is 0 Å². The fraction of sp³-hybridized carbons (Fsp3) is 0.824. The minimum absolute atomic E-state index is 0.118. The van der Waals surface area contributed by atoms with Crippen LogP contribution in [-0.4, -0.2) is 58.0 Å². The Bertz CT molecular complexity index is 507. The lowest BCUT2D eigenvalue weighted by molar-refractivity contribution is -0.304. The Balaban J connectivity index is 3.14. The normalized spacial score (nSPS) is 30.8. The lowest BCUT2D eigenvalue weighted by Gasteiger charge is -2.45. The van der Waals surface area contributed by atoms with Crippen molar-refractivity contribution in [3.05, 3.63) is 0 Å². The number of hydrogen-bond donors (Lipinski definition) is 3. The van der Waals surface area contributed by atoms with Gasteiger partial charge < -0.3 is 25.0 Å². The Kier molecular flexibility index (Phi) is 7.52. The standard InChI is InChI=1S/C17H29NO7/c1-6-10(4)12(20)7-14-15(18-11(5)19)13(21)8-17(25-14,16(22)23)24-9(2)3/h9-10,13-15,21H,6-8H2,1-5H3,(H,18,19)(H,22,23). The summed E-state index contributed by atoms with van der Waals surface area (Å²) in [5.41, 5.74) is 0. The van der Waals surface area contributed by atoms with E-state index in [-0.39, 0.29) is 24.5 Å². The first-order valence-electron chi connectivity index (χ1n) is 8.59. The van der Waals surface area contributed by atoms with Crippen LogP contribution < -0.4 is 5.32 Å². The van der Waals surface area contributed by atoms with Crippen molar-refractivity contribution in [3.63, 3.8) is 0 Å². The first-order chi connectivity index (χ1) is 11.5. The van der Waals surface area contributed by atoms with E-state index >= 15 is 0 Å². The third-order valence-corrected chi connectivity index (χ3v) is 4.32. The fourth-order valence-corrected chi connectivity index (χ4v) is 2.88. The number of carboxylic acid groups (broad SMARTS) is 1. The summed E-state index contributed by atoms with van der Waals surface area (Å²) in [7, 11) is 0. The van der Waals surface area contributed by atoms with Gasteiger partial charge >= 0.3 is 5.97 Å². The Morgan fingerprint density at radius 3 is 2.36 bits per heavy atom. The Morgan fingerprint density at radius 2 is 1.92 bits per heavy atom. The maximum atomic E-state index is 12.3. The topological polar surface area (TPSA) is 122 Å². The molecule has 25 heavy (non-hydrogen) atoms. The molecule has 0 bridgehead atoms. The van der Waals surface area contributed by atoms with Crippen molar-refractivity contribution >= 4 is 17.7 Å². The molecular weight excluding hydrogens is 330 g/mol. The van der Waals surface area contributed by atoms with E-state index < -0.39 is 42.0 Å². The smallest absolute Gasteiger partial charge is 0.364 e. The van der Waals surface area contributed by atoms with Gasteiger partial charge in [0.2, 0.25) is 5.91 Å². The Hall–Kier alpha value is -1.51. The van der Waals surface area contributed by atoms with Crippen LogP contribution in [0.25, 0.3) is 0 Å². The molecule has 1 aliphatic rings. The van der Waals surface area contributed by atoms with Gasteiger partial charge in [0.15, 0.2) is 0 Å². The van der Waals surface area contributed by atoms with Gasteiger partial charge in [-0.25, -0.2) is 4.79 Å². The van der Waals surface area contributed by atoms with Crippen LogP contribution in [0.2, 0.25) is 0 Å². The van der Waals surface area contributed by atoms with Gasteiger partial charge in [-0.1, -0.05) is 13.8 Å². The zero-order chi connectivity index (χ0) is 19.4. The molecule has 0 spiro atoms. The summed E-state index contributed by atoms with van der Waals surface area (Å²) in [5, 5.41) is 22.6. The quantitative estimate of drug-likeness (QED) is 0.587. The average molecular weight is 359 g/mol. The van der Waals surface area contributed by atoms with E-state index in [1.807, 2.05) is 6.92 Å². The van der Waals surface area contributed by atoms with Gasteiger partial charge in [0, 0.05) is 25.7 Å². The minimum Gasteiger partial charge on any atom is -0.477 e. The first-order valence-corrected chi connectivity index (χ1v) is 8.59. The monoisotopic (exact) mass is 359 g/mol. The maximum absolute atomic E-state index is 12.3. The Morgan fingerprint density at radius 1 is 1.32 bits per heavy atom. The molecule has 1 aliphatic heterocycles. The molecule has 0 aliphatic carbocycles. The number of carbonyl (C=O) groups is 3. The molecule has 1 rings (SSSR count). The highest BCUT2D eigenvalue weighted by atomic mass is 16.7. The number of aliphatic hydroxyl groups excluding tert-OH is 1. The predicted molar refractivity (Wildman–Crippen MR) is 88.8 cm³/mol. The third kappa shape index (κ3) is 5.49. The number of ketones is 1. The lowest BCUT2D eigenvalue weighted by Crippen LogP contribution is -2.64. The SMILES string of the molecule is CCC(C)C(=O)CC1OC(OC(C)C)(C(=O)O)CC(O)C1NC(C)=O. The zero-order valence-corrected chi connectivity index (χ0v) is 15.4. The molecule has 144 valence electrons. The molecule has 1 fully saturated rings. The summed E-state index contributed by atoms with van der Waals surface area (Å²) in [4.78, 5) is 35.5. The number of Topliss-reactive ketones (excluding diaryl/α,β-unsaturated/α-hetero) is 1. The number of aliphatic carboxylic acids is 1. The number of carboxylic acids is 1. The molecule has 5 atom stereocenters. The molecule has 3 N–H and O–H groups in total. The second-order valence-corrected chi connectivity index (χ2v) is 6.86. The zero-order valence-electron chi connectivity index (χ0n) is 15.4. The van der Waals surface area contributed by atoms with Crippen LogP contribution in [0.1, 0.15) is 53.9 Å². The molecule has 0 saturated carbocycles. The molecule has 1 heterocycles. The third-order valence-electron chi connectivity index (χ3n) is 4.32. The molecular formula is C17H29NO7. The lowest BCUT2D eigenvalue weighted by atomic mass is 9.88. The average Bonchev–Trinajstić information content (AvgIpc) is 2.48. The summed E-state index contributed by atoms with van der Waals surface area (Å²) in [6.07, 6.45) is -2.52. The van der Waals surface area contributed by atoms with E-state index in [4.69, 9.17) is 9.47 Å². The van der Waals surface area contributed by atoms with Gasteiger partial charge in [-0.3, -0.25) is 9.59 Å². The van der Waals surface area contributed by atoms with Crippen molar-refractivity contribution in [1.82, 2.24) is 5.32 Å². The van der Waals surface area contributed by atoms with Crippen LogP contribution in [0.3, 0.4) is 0 Å². The van der Waals surface area contributed by atoms with E-state index in [9.17, 15) is 24.6 Å². The largest absolute Gasteiger partial charge is 0.477 e. The molecule has 1 amide bonds. The molecule has 1 saturated heterocycles. The van der Waals surface area contributed by atoms with Crippen LogP contribution in [0.4, 0.5) is 0 Å². The van der Waals surface area contributed by atoms with Crippen LogP contribution in [0.15, 0.2) is 0 Å². The van der Waals surface area contributed by atoms with E-state index in [0.29, 0.717) is 6.42 Å².